The second kappa shape index (κ2) is 8.48. The predicted octanol–water partition coefficient (Wildman–Crippen LogP) is 6.52. The van der Waals surface area contributed by atoms with Crippen molar-refractivity contribution in [1.82, 2.24) is 0 Å². The lowest BCUT2D eigenvalue weighted by molar-refractivity contribution is -0.137. The van der Waals surface area contributed by atoms with Crippen LogP contribution in [0.25, 0.3) is 0 Å². The molecule has 144 valence electrons. The minimum absolute atomic E-state index is 0.00789. The van der Waals surface area contributed by atoms with Crippen LogP contribution in [0.1, 0.15) is 29.0 Å². The number of halogens is 4. The van der Waals surface area contributed by atoms with Crippen LogP contribution >= 0.6 is 11.6 Å². The van der Waals surface area contributed by atoms with Gasteiger partial charge in [0.05, 0.1) is 11.3 Å². The van der Waals surface area contributed by atoms with E-state index in [-0.39, 0.29) is 23.0 Å². The quantitative estimate of drug-likeness (QED) is 0.516. The smallest absolute Gasteiger partial charge is 0.325 e. The number of amides is 1. The van der Waals surface area contributed by atoms with E-state index in [4.69, 9.17) is 11.6 Å². The number of carbonyl (C=O) groups excluding carboxylic acids is 1. The largest absolute Gasteiger partial charge is 0.418 e. The fourth-order valence-electron chi connectivity index (χ4n) is 3.05. The highest BCUT2D eigenvalue weighted by atomic mass is 35.5. The Morgan fingerprint density at radius 3 is 1.93 bits per heavy atom. The molecule has 0 saturated carbocycles. The van der Waals surface area contributed by atoms with E-state index in [0.29, 0.717) is 0 Å². The van der Waals surface area contributed by atoms with E-state index in [1.807, 2.05) is 60.7 Å². The molecule has 0 aliphatic carbocycles. The molecule has 3 aromatic rings. The van der Waals surface area contributed by atoms with Gasteiger partial charge in [0.25, 0.3) is 0 Å². The monoisotopic (exact) mass is 403 g/mol. The third kappa shape index (κ3) is 4.93. The zero-order chi connectivity index (χ0) is 20.1. The van der Waals surface area contributed by atoms with E-state index in [1.54, 1.807) is 0 Å². The molecule has 0 aliphatic heterocycles. The average Bonchev–Trinajstić information content (AvgIpc) is 2.68. The van der Waals surface area contributed by atoms with Crippen molar-refractivity contribution in [2.24, 2.45) is 0 Å². The molecule has 0 aromatic heterocycles. The van der Waals surface area contributed by atoms with Crippen molar-refractivity contribution < 1.29 is 18.0 Å². The maximum absolute atomic E-state index is 13.3. The summed E-state index contributed by atoms with van der Waals surface area (Å²) in [5, 5.41) is 2.35. The predicted molar refractivity (Wildman–Crippen MR) is 104 cm³/mol. The van der Waals surface area contributed by atoms with Gasteiger partial charge < -0.3 is 5.32 Å². The van der Waals surface area contributed by atoms with Crippen LogP contribution in [-0.4, -0.2) is 5.91 Å². The summed E-state index contributed by atoms with van der Waals surface area (Å²) in [5.74, 6) is -0.783. The number of benzene rings is 3. The van der Waals surface area contributed by atoms with Crippen molar-refractivity contribution >= 4 is 23.2 Å². The minimum Gasteiger partial charge on any atom is -0.325 e. The summed E-state index contributed by atoms with van der Waals surface area (Å²) in [7, 11) is 0. The van der Waals surface area contributed by atoms with Crippen molar-refractivity contribution in [2.75, 3.05) is 5.32 Å². The Kier molecular flexibility index (Phi) is 6.05. The standard InChI is InChI=1S/C22H17ClF3NO/c23-17-11-12-20(19(13-17)22(24,25)26)27-21(28)14-18(15-7-3-1-4-8-15)16-9-5-2-6-10-16/h1-13,18H,14H2,(H,27,28). The summed E-state index contributed by atoms with van der Waals surface area (Å²) in [4.78, 5) is 12.6. The molecule has 0 radical (unpaired) electrons. The molecule has 0 heterocycles. The SMILES string of the molecule is O=C(CC(c1ccccc1)c1ccccc1)Nc1ccc(Cl)cc1C(F)(F)F. The van der Waals surface area contributed by atoms with E-state index < -0.39 is 17.6 Å². The lowest BCUT2D eigenvalue weighted by Crippen LogP contribution is -2.19. The molecular weight excluding hydrogens is 387 g/mol. The third-order valence-corrected chi connectivity index (χ3v) is 4.59. The maximum atomic E-state index is 13.3. The van der Waals surface area contributed by atoms with Crippen LogP contribution in [0, 0.1) is 0 Å². The second-order valence-corrected chi connectivity index (χ2v) is 6.75. The van der Waals surface area contributed by atoms with Crippen molar-refractivity contribution in [1.29, 1.82) is 0 Å². The Morgan fingerprint density at radius 2 is 1.43 bits per heavy atom. The van der Waals surface area contributed by atoms with Crippen molar-refractivity contribution in [3.63, 3.8) is 0 Å². The zero-order valence-corrected chi connectivity index (χ0v) is 15.5. The van der Waals surface area contributed by atoms with E-state index in [2.05, 4.69) is 5.32 Å². The normalized spacial score (nSPS) is 11.5. The Morgan fingerprint density at radius 1 is 0.893 bits per heavy atom. The highest BCUT2D eigenvalue weighted by molar-refractivity contribution is 6.30. The molecule has 2 nitrogen and oxygen atoms in total. The van der Waals surface area contributed by atoms with Gasteiger partial charge in [-0.25, -0.2) is 0 Å². The number of nitrogens with one attached hydrogen (secondary N) is 1. The van der Waals surface area contributed by atoms with Crippen LogP contribution in [-0.2, 0) is 11.0 Å². The Labute approximate surface area is 166 Å². The number of carbonyl (C=O) groups is 1. The van der Waals surface area contributed by atoms with Crippen molar-refractivity contribution in [3.8, 4) is 0 Å². The van der Waals surface area contributed by atoms with Crippen molar-refractivity contribution in [3.05, 3.63) is 101 Å². The summed E-state index contributed by atoms with van der Waals surface area (Å²) in [6.45, 7) is 0. The molecule has 3 rings (SSSR count). The van der Waals surface area contributed by atoms with Crippen LogP contribution in [0.15, 0.2) is 78.9 Å². The molecular formula is C22H17ClF3NO. The average molecular weight is 404 g/mol. The first-order chi connectivity index (χ1) is 13.3. The lowest BCUT2D eigenvalue weighted by atomic mass is 9.88. The topological polar surface area (TPSA) is 29.1 Å². The van der Waals surface area contributed by atoms with E-state index in [1.165, 1.54) is 12.1 Å². The number of hydrogen-bond acceptors (Lipinski definition) is 1. The lowest BCUT2D eigenvalue weighted by Gasteiger charge is -2.19. The summed E-state index contributed by atoms with van der Waals surface area (Å²) < 4.78 is 39.8. The fourth-order valence-corrected chi connectivity index (χ4v) is 3.22. The Hall–Kier alpha value is -2.79. The summed E-state index contributed by atoms with van der Waals surface area (Å²) in [6.07, 6.45) is -4.61. The summed E-state index contributed by atoms with van der Waals surface area (Å²) in [5.41, 5.74) is 0.554. The Bertz CT molecular complexity index is 904. The summed E-state index contributed by atoms with van der Waals surface area (Å²) >= 11 is 5.69. The third-order valence-electron chi connectivity index (χ3n) is 4.35. The van der Waals surface area contributed by atoms with Crippen LogP contribution < -0.4 is 5.32 Å². The molecule has 6 heteroatoms. The minimum atomic E-state index is -4.62. The molecule has 1 N–H and O–H groups in total. The van der Waals surface area contributed by atoms with Crippen LogP contribution in [0.3, 0.4) is 0 Å². The van der Waals surface area contributed by atoms with Gasteiger partial charge in [-0.15, -0.1) is 0 Å². The maximum Gasteiger partial charge on any atom is 0.418 e. The van der Waals surface area contributed by atoms with Crippen LogP contribution in [0.2, 0.25) is 5.02 Å². The molecule has 0 bridgehead atoms. The van der Waals surface area contributed by atoms with Gasteiger partial charge in [0, 0.05) is 17.4 Å². The molecule has 0 spiro atoms. The first-order valence-corrected chi connectivity index (χ1v) is 8.99. The van der Waals surface area contributed by atoms with Gasteiger partial charge in [0.2, 0.25) is 5.91 Å². The van der Waals surface area contributed by atoms with Gasteiger partial charge >= 0.3 is 6.18 Å². The molecule has 3 aromatic carbocycles. The molecule has 0 fully saturated rings. The number of alkyl halides is 3. The zero-order valence-electron chi connectivity index (χ0n) is 14.7. The number of hydrogen-bond donors (Lipinski definition) is 1. The number of anilines is 1. The van der Waals surface area contributed by atoms with E-state index in [0.717, 1.165) is 17.2 Å². The van der Waals surface area contributed by atoms with Gasteiger partial charge in [0.15, 0.2) is 0 Å². The van der Waals surface area contributed by atoms with Crippen LogP contribution in [0.4, 0.5) is 18.9 Å². The first-order valence-electron chi connectivity index (χ1n) is 8.61. The molecule has 0 atom stereocenters. The Balaban J connectivity index is 1.86. The molecule has 0 saturated heterocycles. The van der Waals surface area contributed by atoms with Gasteiger partial charge in [-0.1, -0.05) is 72.3 Å². The highest BCUT2D eigenvalue weighted by Crippen LogP contribution is 2.37. The van der Waals surface area contributed by atoms with Crippen molar-refractivity contribution in [2.45, 2.75) is 18.5 Å². The van der Waals surface area contributed by atoms with Gasteiger partial charge in [-0.2, -0.15) is 13.2 Å². The molecule has 28 heavy (non-hydrogen) atoms. The number of rotatable bonds is 5. The molecule has 1 amide bonds. The summed E-state index contributed by atoms with van der Waals surface area (Å²) in [6, 6.07) is 22.1. The molecule has 0 unspecified atom stereocenters. The molecule has 0 aliphatic rings. The second-order valence-electron chi connectivity index (χ2n) is 6.31. The highest BCUT2D eigenvalue weighted by Gasteiger charge is 2.34. The van der Waals surface area contributed by atoms with Crippen LogP contribution in [0.5, 0.6) is 0 Å². The van der Waals surface area contributed by atoms with E-state index in [9.17, 15) is 18.0 Å². The van der Waals surface area contributed by atoms with Gasteiger partial charge in [0.1, 0.15) is 0 Å². The van der Waals surface area contributed by atoms with Gasteiger partial charge in [-0.3, -0.25) is 4.79 Å². The van der Waals surface area contributed by atoms with Gasteiger partial charge in [-0.05, 0) is 29.3 Å². The fraction of sp³-hybridized carbons (Fsp3) is 0.136. The first kappa shape index (κ1) is 20.0. The van der Waals surface area contributed by atoms with E-state index >= 15 is 0 Å².